The second-order valence-corrected chi connectivity index (χ2v) is 6.22. The van der Waals surface area contributed by atoms with Crippen molar-refractivity contribution >= 4 is 0 Å². The van der Waals surface area contributed by atoms with Crippen molar-refractivity contribution in [2.75, 3.05) is 26.9 Å². The largest absolute Gasteiger partial charge is 0.496 e. The van der Waals surface area contributed by atoms with Crippen LogP contribution in [0.1, 0.15) is 29.5 Å². The van der Waals surface area contributed by atoms with Crippen LogP contribution in [-0.2, 0) is 10.2 Å². The molecule has 2 N–H and O–H groups in total. The van der Waals surface area contributed by atoms with Crippen molar-refractivity contribution in [1.82, 2.24) is 0 Å². The zero-order valence-electron chi connectivity index (χ0n) is 12.1. The first-order valence-electron chi connectivity index (χ1n) is 7.02. The minimum atomic E-state index is 0.0733. The number of hydrogen-bond donors (Lipinski definition) is 1. The van der Waals surface area contributed by atoms with Gasteiger partial charge in [0.25, 0.3) is 0 Å². The van der Waals surface area contributed by atoms with Crippen molar-refractivity contribution in [1.29, 1.82) is 0 Å². The number of rotatable bonds is 4. The molecule has 1 heterocycles. The molecule has 3 rings (SSSR count). The molecule has 1 aromatic carbocycles. The molecule has 1 aliphatic carbocycles. The Morgan fingerprint density at radius 1 is 1.26 bits per heavy atom. The van der Waals surface area contributed by atoms with Crippen LogP contribution in [0.4, 0.5) is 0 Å². The van der Waals surface area contributed by atoms with Crippen LogP contribution in [0.3, 0.4) is 0 Å². The normalized spacial score (nSPS) is 22.7. The fraction of sp³-hybridized carbons (Fsp3) is 0.625. The Hall–Kier alpha value is -1.06. The van der Waals surface area contributed by atoms with Gasteiger partial charge in [0, 0.05) is 5.56 Å². The van der Waals surface area contributed by atoms with Crippen molar-refractivity contribution < 1.29 is 9.47 Å². The second-order valence-electron chi connectivity index (χ2n) is 6.22. The van der Waals surface area contributed by atoms with E-state index < -0.39 is 0 Å². The van der Waals surface area contributed by atoms with Gasteiger partial charge in [-0.3, -0.25) is 0 Å². The summed E-state index contributed by atoms with van der Waals surface area (Å²) in [6.07, 6.45) is 2.42. The zero-order chi connectivity index (χ0) is 13.7. The number of nitrogens with two attached hydrogens (primary N) is 1. The first-order valence-corrected chi connectivity index (χ1v) is 7.02. The number of methoxy groups -OCH3 is 1. The maximum absolute atomic E-state index is 6.07. The average molecular weight is 261 g/mol. The molecule has 0 amide bonds. The summed E-state index contributed by atoms with van der Waals surface area (Å²) in [5.74, 6) is 1.02. The van der Waals surface area contributed by atoms with E-state index in [0.717, 1.165) is 25.5 Å². The van der Waals surface area contributed by atoms with Crippen molar-refractivity contribution in [3.8, 4) is 5.75 Å². The van der Waals surface area contributed by atoms with Gasteiger partial charge in [-0.15, -0.1) is 0 Å². The molecule has 1 aromatic rings. The van der Waals surface area contributed by atoms with Crippen LogP contribution >= 0.6 is 0 Å². The van der Waals surface area contributed by atoms with E-state index in [1.54, 1.807) is 7.11 Å². The van der Waals surface area contributed by atoms with Gasteiger partial charge in [-0.25, -0.2) is 0 Å². The average Bonchev–Trinajstić information content (AvgIpc) is 3.08. The second kappa shape index (κ2) is 4.22. The highest BCUT2D eigenvalue weighted by molar-refractivity contribution is 5.51. The summed E-state index contributed by atoms with van der Waals surface area (Å²) in [6, 6.07) is 4.45. The Labute approximate surface area is 115 Å². The molecule has 0 bridgehead atoms. The molecular formula is C16H23NO2. The smallest absolute Gasteiger partial charge is 0.125 e. The third-order valence-corrected chi connectivity index (χ3v) is 5.10. The molecule has 3 nitrogen and oxygen atoms in total. The Kier molecular flexibility index (Phi) is 2.88. The van der Waals surface area contributed by atoms with Gasteiger partial charge in [0.1, 0.15) is 5.75 Å². The topological polar surface area (TPSA) is 44.5 Å². The highest BCUT2D eigenvalue weighted by atomic mass is 16.5. The minimum absolute atomic E-state index is 0.0733. The van der Waals surface area contributed by atoms with E-state index in [0.29, 0.717) is 0 Å². The molecule has 1 saturated heterocycles. The Morgan fingerprint density at radius 2 is 1.95 bits per heavy atom. The molecular weight excluding hydrogens is 238 g/mol. The maximum Gasteiger partial charge on any atom is 0.125 e. The number of benzene rings is 1. The first-order chi connectivity index (χ1) is 9.08. The lowest BCUT2D eigenvalue weighted by atomic mass is 9.65. The third kappa shape index (κ3) is 1.65. The lowest BCUT2D eigenvalue weighted by Crippen LogP contribution is -2.56. The molecule has 0 radical (unpaired) electrons. The monoisotopic (exact) mass is 261 g/mol. The molecule has 1 saturated carbocycles. The standard InChI is InChI=1S/C16H23NO2/c1-11-6-12(2)14(18-3)13(7-11)16(9-19-10-16)15(8-17)4-5-15/h6-7H,4-5,8-10,17H2,1-3H3. The van der Waals surface area contributed by atoms with E-state index in [4.69, 9.17) is 15.2 Å². The molecule has 2 aliphatic rings. The van der Waals surface area contributed by atoms with Crippen LogP contribution in [0.15, 0.2) is 12.1 Å². The predicted octanol–water partition coefficient (Wildman–Crippen LogP) is 2.32. The third-order valence-electron chi connectivity index (χ3n) is 5.10. The lowest BCUT2D eigenvalue weighted by molar-refractivity contribution is -0.0981. The van der Waals surface area contributed by atoms with E-state index in [1.807, 2.05) is 0 Å². The van der Waals surface area contributed by atoms with Crippen LogP contribution in [-0.4, -0.2) is 26.9 Å². The number of hydrogen-bond acceptors (Lipinski definition) is 3. The van der Waals surface area contributed by atoms with Gasteiger partial charge in [0.05, 0.1) is 25.7 Å². The van der Waals surface area contributed by atoms with Gasteiger partial charge in [-0.1, -0.05) is 17.7 Å². The Balaban J connectivity index is 2.15. The fourth-order valence-electron chi connectivity index (χ4n) is 3.66. The molecule has 0 aromatic heterocycles. The molecule has 3 heteroatoms. The zero-order valence-corrected chi connectivity index (χ0v) is 12.1. The molecule has 0 atom stereocenters. The summed E-state index contributed by atoms with van der Waals surface area (Å²) < 4.78 is 11.3. The summed E-state index contributed by atoms with van der Waals surface area (Å²) in [4.78, 5) is 0. The Bertz CT molecular complexity index is 502. The Morgan fingerprint density at radius 3 is 2.37 bits per heavy atom. The van der Waals surface area contributed by atoms with Crippen molar-refractivity contribution in [3.63, 3.8) is 0 Å². The van der Waals surface area contributed by atoms with Gasteiger partial charge in [-0.2, -0.15) is 0 Å². The van der Waals surface area contributed by atoms with Crippen LogP contribution in [0, 0.1) is 19.3 Å². The maximum atomic E-state index is 6.07. The van der Waals surface area contributed by atoms with E-state index in [-0.39, 0.29) is 10.8 Å². The predicted molar refractivity (Wildman–Crippen MR) is 75.7 cm³/mol. The summed E-state index contributed by atoms with van der Waals surface area (Å²) in [7, 11) is 1.76. The molecule has 104 valence electrons. The summed E-state index contributed by atoms with van der Waals surface area (Å²) in [6.45, 7) is 6.56. The summed E-state index contributed by atoms with van der Waals surface area (Å²) in [5, 5.41) is 0. The van der Waals surface area contributed by atoms with Crippen molar-refractivity contribution in [2.24, 2.45) is 11.1 Å². The SMILES string of the molecule is COc1c(C)cc(C)cc1C1(C2(CN)CC2)COC1. The highest BCUT2D eigenvalue weighted by Gasteiger charge is 2.63. The number of aryl methyl sites for hydroxylation is 2. The van der Waals surface area contributed by atoms with Gasteiger partial charge < -0.3 is 15.2 Å². The van der Waals surface area contributed by atoms with Gasteiger partial charge in [0.15, 0.2) is 0 Å². The van der Waals surface area contributed by atoms with Crippen LogP contribution in [0.5, 0.6) is 5.75 Å². The van der Waals surface area contributed by atoms with Crippen molar-refractivity contribution in [3.05, 3.63) is 28.8 Å². The molecule has 0 spiro atoms. The van der Waals surface area contributed by atoms with Gasteiger partial charge in [0.2, 0.25) is 0 Å². The van der Waals surface area contributed by atoms with Crippen LogP contribution < -0.4 is 10.5 Å². The van der Waals surface area contributed by atoms with E-state index >= 15 is 0 Å². The van der Waals surface area contributed by atoms with Crippen LogP contribution in [0.25, 0.3) is 0 Å². The van der Waals surface area contributed by atoms with E-state index in [1.165, 1.54) is 29.5 Å². The van der Waals surface area contributed by atoms with E-state index in [2.05, 4.69) is 26.0 Å². The van der Waals surface area contributed by atoms with E-state index in [9.17, 15) is 0 Å². The van der Waals surface area contributed by atoms with Gasteiger partial charge in [-0.05, 0) is 44.2 Å². The van der Waals surface area contributed by atoms with Gasteiger partial charge >= 0.3 is 0 Å². The summed E-state index contributed by atoms with van der Waals surface area (Å²) >= 11 is 0. The van der Waals surface area contributed by atoms with Crippen LogP contribution in [0.2, 0.25) is 0 Å². The highest BCUT2D eigenvalue weighted by Crippen LogP contribution is 2.63. The molecule has 1 aliphatic heterocycles. The molecule has 2 fully saturated rings. The fourth-order valence-corrected chi connectivity index (χ4v) is 3.66. The quantitative estimate of drug-likeness (QED) is 0.904. The summed E-state index contributed by atoms with van der Waals surface area (Å²) in [5.41, 5.74) is 10.2. The molecule has 19 heavy (non-hydrogen) atoms. The number of ether oxygens (including phenoxy) is 2. The first kappa shape index (κ1) is 12.9. The minimum Gasteiger partial charge on any atom is -0.496 e. The van der Waals surface area contributed by atoms with Crippen molar-refractivity contribution in [2.45, 2.75) is 32.1 Å². The lowest BCUT2D eigenvalue weighted by Gasteiger charge is -2.49. The molecule has 0 unspecified atom stereocenters.